The molecule has 4 rings (SSSR count). The van der Waals surface area contributed by atoms with Gasteiger partial charge >= 0.3 is 40.0 Å². The molecule has 0 saturated heterocycles. The first kappa shape index (κ1) is 40.4. The van der Waals surface area contributed by atoms with Crippen LogP contribution in [0.25, 0.3) is 0 Å². The van der Waals surface area contributed by atoms with E-state index in [-0.39, 0.29) is 32.7 Å². The number of hydrogen-bond acceptors (Lipinski definition) is 7. The molecular weight excluding hydrogens is 699 g/mol. The van der Waals surface area contributed by atoms with Crippen LogP contribution in [0.15, 0.2) is 0 Å². The molecule has 0 atom stereocenters. The summed E-state index contributed by atoms with van der Waals surface area (Å²) in [5, 5.41) is 41.6. The van der Waals surface area contributed by atoms with E-state index in [1.807, 2.05) is 0 Å². The van der Waals surface area contributed by atoms with Gasteiger partial charge in [-0.05, 0) is 25.7 Å². The second-order valence-electron chi connectivity index (χ2n) is 9.47. The van der Waals surface area contributed by atoms with Crippen molar-refractivity contribution in [2.24, 2.45) is 0 Å². The number of halogens is 10. The zero-order valence-electron chi connectivity index (χ0n) is 22.7. The van der Waals surface area contributed by atoms with Gasteiger partial charge in [-0.3, -0.25) is 0 Å². The average Bonchev–Trinajstić information content (AvgIpc) is 2.99. The van der Waals surface area contributed by atoms with E-state index in [1.165, 1.54) is 64.2 Å². The van der Waals surface area contributed by atoms with Crippen LogP contribution in [-0.2, 0) is 32.7 Å². The minimum atomic E-state index is -3.20. The summed E-state index contributed by atoms with van der Waals surface area (Å²) >= 11 is 0. The monoisotopic (exact) mass is 723 g/mol. The van der Waals surface area contributed by atoms with Crippen LogP contribution < -0.4 is 29.7 Å². The topological polar surface area (TPSA) is 120 Å². The van der Waals surface area contributed by atoms with Gasteiger partial charge in [0.2, 0.25) is 58.2 Å². The van der Waals surface area contributed by atoms with E-state index in [2.05, 4.69) is 14.6 Å². The molecule has 0 aromatic heterocycles. The molecule has 2 aromatic carbocycles. The van der Waals surface area contributed by atoms with Crippen molar-refractivity contribution >= 4 is 14.6 Å². The normalized spacial score (nSPS) is 15.2. The number of hydrogen-bond donors (Lipinski definition) is 2. The summed E-state index contributed by atoms with van der Waals surface area (Å²) in [4.78, 5) is 0. The molecule has 2 N–H and O–H groups in total. The van der Waals surface area contributed by atoms with Gasteiger partial charge in [-0.25, -0.2) is 26.3 Å². The molecule has 0 spiro atoms. The molecule has 0 radical (unpaired) electrons. The van der Waals surface area contributed by atoms with Crippen LogP contribution >= 0.6 is 0 Å². The Balaban J connectivity index is 0.000000327. The molecule has 2 aliphatic rings. The van der Waals surface area contributed by atoms with E-state index in [0.717, 1.165) is 12.1 Å². The quantitative estimate of drug-likeness (QED) is 0.204. The molecule has 44 heavy (non-hydrogen) atoms. The Bertz CT molecular complexity index is 1080. The maximum absolute atomic E-state index is 12.7. The summed E-state index contributed by atoms with van der Waals surface area (Å²) in [6, 6.07) is 1.74. The fraction of sp³-hybridized carbons (Fsp3) is 0.500. The van der Waals surface area contributed by atoms with E-state index < -0.39 is 84.3 Å². The maximum Gasteiger partial charge on any atom is 3.00 e. The predicted molar refractivity (Wildman–Crippen MR) is 124 cm³/mol. The Kier molecular flexibility index (Phi) is 17.6. The third kappa shape index (κ3) is 11.3. The van der Waals surface area contributed by atoms with E-state index in [0.29, 0.717) is 0 Å². The van der Waals surface area contributed by atoms with Crippen LogP contribution in [0.1, 0.15) is 64.2 Å². The first-order valence-corrected chi connectivity index (χ1v) is 12.9. The fourth-order valence-electron chi connectivity index (χ4n) is 4.45. The molecule has 0 amide bonds. The van der Waals surface area contributed by atoms with Gasteiger partial charge in [0.15, 0.2) is 11.5 Å². The Morgan fingerprint density at radius 1 is 0.500 bits per heavy atom. The van der Waals surface area contributed by atoms with Gasteiger partial charge in [-0.1, -0.05) is 38.5 Å². The molecular formula is C24H24B2F10NO6Y. The van der Waals surface area contributed by atoms with E-state index in [4.69, 9.17) is 5.02 Å². The van der Waals surface area contributed by atoms with Crippen LogP contribution in [-0.4, -0.2) is 31.8 Å². The van der Waals surface area contributed by atoms with Gasteiger partial charge in [0.1, 0.15) is 7.32 Å². The van der Waals surface area contributed by atoms with Crippen molar-refractivity contribution in [2.45, 2.75) is 76.3 Å². The number of rotatable bonds is 6. The molecule has 0 bridgehead atoms. The second kappa shape index (κ2) is 19.1. The maximum atomic E-state index is 12.7. The predicted octanol–water partition coefficient (Wildman–Crippen LogP) is 2.80. The zero-order valence-corrected chi connectivity index (χ0v) is 25.6. The first-order chi connectivity index (χ1) is 20.2. The molecule has 0 unspecified atom stereocenters. The summed E-state index contributed by atoms with van der Waals surface area (Å²) in [6.45, 7) is 0. The molecule has 2 fully saturated rings. The van der Waals surface area contributed by atoms with Crippen molar-refractivity contribution in [3.8, 4) is 11.5 Å². The number of nitrogens with one attached hydrogen (secondary N) is 1. The van der Waals surface area contributed by atoms with Gasteiger partial charge in [0, 0.05) is 12.1 Å². The molecule has 7 nitrogen and oxygen atoms in total. The molecule has 2 aromatic rings. The van der Waals surface area contributed by atoms with Crippen LogP contribution in [0.2, 0.25) is 0 Å². The van der Waals surface area contributed by atoms with Crippen LogP contribution in [0.5, 0.6) is 11.5 Å². The van der Waals surface area contributed by atoms with Crippen LogP contribution in [0.4, 0.5) is 43.9 Å². The first-order valence-electron chi connectivity index (χ1n) is 12.9. The molecule has 0 heterocycles. The minimum Gasteiger partial charge on any atom is -0.860 e. The second-order valence-corrected chi connectivity index (χ2v) is 9.47. The summed E-state index contributed by atoms with van der Waals surface area (Å²) in [7, 11) is -6.14. The average molecular weight is 723 g/mol. The van der Waals surface area contributed by atoms with Crippen molar-refractivity contribution in [3.05, 3.63) is 58.2 Å². The van der Waals surface area contributed by atoms with Crippen LogP contribution in [0, 0.1) is 58.2 Å². The third-order valence-electron chi connectivity index (χ3n) is 6.45. The van der Waals surface area contributed by atoms with Crippen molar-refractivity contribution in [1.29, 1.82) is 0 Å². The Hall–Kier alpha value is -1.63. The fourth-order valence-corrected chi connectivity index (χ4v) is 4.45. The Labute approximate surface area is 271 Å². The largest absolute Gasteiger partial charge is 3.00 e. The van der Waals surface area contributed by atoms with Gasteiger partial charge in [0.05, 0.1) is 0 Å². The van der Waals surface area contributed by atoms with Gasteiger partial charge < -0.3 is 34.7 Å². The standard InChI is InChI=1S/C12H23N.C6HBF5O3.C6BF5O3.Y/c1-3-7-11(8-4-1)13-12-9-5-2-6-10-12;2*8-1-2(9)4(11)6(15-7(13)14)5(12)3(1)10;/h11-13H,1-10H2;13H;;/q;-1;-2;+3. The van der Waals surface area contributed by atoms with E-state index >= 15 is 0 Å². The summed E-state index contributed by atoms with van der Waals surface area (Å²) in [6.07, 6.45) is 14.6. The summed E-state index contributed by atoms with van der Waals surface area (Å²) in [5.74, 6) is -26.9. The minimum absolute atomic E-state index is 0. The van der Waals surface area contributed by atoms with Crippen molar-refractivity contribution in [1.82, 2.24) is 5.32 Å². The molecule has 2 aliphatic carbocycles. The zero-order chi connectivity index (χ0) is 32.4. The Morgan fingerprint density at radius 2 is 0.773 bits per heavy atom. The molecule has 2 saturated carbocycles. The van der Waals surface area contributed by atoms with Gasteiger partial charge in [-0.2, -0.15) is 17.6 Å². The van der Waals surface area contributed by atoms with E-state index in [9.17, 15) is 59.0 Å². The van der Waals surface area contributed by atoms with Gasteiger partial charge in [-0.15, -0.1) is 0 Å². The molecule has 20 heteroatoms. The Morgan fingerprint density at radius 3 is 1.05 bits per heavy atom. The third-order valence-corrected chi connectivity index (χ3v) is 6.45. The summed E-state index contributed by atoms with van der Waals surface area (Å²) < 4.78 is 132. The van der Waals surface area contributed by atoms with E-state index in [1.54, 1.807) is 0 Å². The van der Waals surface area contributed by atoms with Crippen molar-refractivity contribution in [2.75, 3.05) is 0 Å². The molecule has 240 valence electrons. The van der Waals surface area contributed by atoms with Crippen molar-refractivity contribution in [3.63, 3.8) is 0 Å². The number of benzene rings is 2. The molecule has 0 aliphatic heterocycles. The SMILES string of the molecule is C1CCC(NC2CCCCC2)CC1.[O-]B(O)Oc1c(F)c(F)c(F)c(F)c1F.[O-]B([O-])Oc1c(F)c(F)c(F)c(F)c1F.[Y+3]. The van der Waals surface area contributed by atoms with Crippen LogP contribution in [0.3, 0.4) is 0 Å². The smallest absolute Gasteiger partial charge is 0.860 e. The van der Waals surface area contributed by atoms with Gasteiger partial charge in [0.25, 0.3) is 0 Å². The summed E-state index contributed by atoms with van der Waals surface area (Å²) in [5.41, 5.74) is 0. The van der Waals surface area contributed by atoms with Crippen molar-refractivity contribution < 1.29 is 106 Å².